The van der Waals surface area contributed by atoms with Gasteiger partial charge in [-0.25, -0.2) is 0 Å². The second kappa shape index (κ2) is 12.6. The van der Waals surface area contributed by atoms with Crippen LogP contribution in [0.25, 0.3) is 0 Å². The van der Waals surface area contributed by atoms with E-state index in [1.54, 1.807) is 7.11 Å². The molecule has 0 aliphatic heterocycles. The van der Waals surface area contributed by atoms with Crippen molar-refractivity contribution in [3.05, 3.63) is 0 Å². The minimum Gasteiger partial charge on any atom is -0.382 e. The van der Waals surface area contributed by atoms with Gasteiger partial charge in [0, 0.05) is 20.3 Å². The standard InChI is InChI=1S/C5H12O.C4H10O/c1-3-5-6-4-2;1-4(2)5-3/h3-5H2,1-2H3;4H,1-3H3. The molecule has 0 unspecified atom stereocenters. The molecule has 0 aliphatic rings. The zero-order valence-corrected chi connectivity index (χ0v) is 8.52. The molecule has 0 heterocycles. The van der Waals surface area contributed by atoms with E-state index in [0.29, 0.717) is 6.10 Å². The zero-order valence-electron chi connectivity index (χ0n) is 8.52. The lowest BCUT2D eigenvalue weighted by Crippen LogP contribution is -1.94. The van der Waals surface area contributed by atoms with Crippen molar-refractivity contribution in [1.29, 1.82) is 0 Å². The van der Waals surface area contributed by atoms with Crippen molar-refractivity contribution < 1.29 is 9.47 Å². The molecule has 11 heavy (non-hydrogen) atoms. The van der Waals surface area contributed by atoms with Crippen molar-refractivity contribution in [2.24, 2.45) is 0 Å². The van der Waals surface area contributed by atoms with Crippen LogP contribution >= 0.6 is 0 Å². The van der Waals surface area contributed by atoms with Crippen LogP contribution in [0.4, 0.5) is 0 Å². The summed E-state index contributed by atoms with van der Waals surface area (Å²) >= 11 is 0. The predicted molar refractivity (Wildman–Crippen MR) is 48.9 cm³/mol. The Morgan fingerprint density at radius 1 is 1.18 bits per heavy atom. The summed E-state index contributed by atoms with van der Waals surface area (Å²) in [5, 5.41) is 0. The topological polar surface area (TPSA) is 18.5 Å². The highest BCUT2D eigenvalue weighted by Crippen LogP contribution is 1.78. The van der Waals surface area contributed by atoms with E-state index < -0.39 is 0 Å². The minimum atomic E-state index is 0.384. The summed E-state index contributed by atoms with van der Waals surface area (Å²) in [6.07, 6.45) is 1.52. The van der Waals surface area contributed by atoms with Gasteiger partial charge in [-0.1, -0.05) is 6.92 Å². The van der Waals surface area contributed by atoms with Gasteiger partial charge in [-0.05, 0) is 27.2 Å². The highest BCUT2D eigenvalue weighted by Gasteiger charge is 1.78. The Morgan fingerprint density at radius 2 is 1.64 bits per heavy atom. The van der Waals surface area contributed by atoms with Crippen LogP contribution in [0.1, 0.15) is 34.1 Å². The average Bonchev–Trinajstić information content (AvgIpc) is 2.02. The lowest BCUT2D eigenvalue weighted by molar-refractivity contribution is 0.134. The fourth-order valence-electron chi connectivity index (χ4n) is 0.289. The van der Waals surface area contributed by atoms with Crippen LogP contribution < -0.4 is 0 Å². The monoisotopic (exact) mass is 162 g/mol. The average molecular weight is 162 g/mol. The van der Waals surface area contributed by atoms with Gasteiger partial charge < -0.3 is 9.47 Å². The summed E-state index contributed by atoms with van der Waals surface area (Å²) in [6.45, 7) is 9.88. The molecule has 0 spiro atoms. The van der Waals surface area contributed by atoms with Crippen molar-refractivity contribution in [1.82, 2.24) is 0 Å². The molecule has 0 amide bonds. The second-order valence-corrected chi connectivity index (χ2v) is 2.48. The zero-order chi connectivity index (χ0) is 9.11. The molecular formula is C9H22O2. The van der Waals surface area contributed by atoms with Crippen molar-refractivity contribution in [3.8, 4) is 0 Å². The van der Waals surface area contributed by atoms with Gasteiger partial charge >= 0.3 is 0 Å². The number of methoxy groups -OCH3 is 1. The molecular weight excluding hydrogens is 140 g/mol. The molecule has 0 rings (SSSR count). The molecule has 0 fully saturated rings. The van der Waals surface area contributed by atoms with Crippen molar-refractivity contribution in [2.45, 2.75) is 40.2 Å². The molecule has 0 aromatic heterocycles. The Balaban J connectivity index is 0. The molecule has 2 nitrogen and oxygen atoms in total. The number of hydrogen-bond acceptors (Lipinski definition) is 2. The molecule has 0 N–H and O–H groups in total. The third-order valence-electron chi connectivity index (χ3n) is 1.02. The van der Waals surface area contributed by atoms with E-state index in [-0.39, 0.29) is 0 Å². The second-order valence-electron chi connectivity index (χ2n) is 2.48. The molecule has 0 saturated heterocycles. The molecule has 0 aliphatic carbocycles. The van der Waals surface area contributed by atoms with E-state index in [2.05, 4.69) is 6.92 Å². The van der Waals surface area contributed by atoms with Gasteiger partial charge in [0.1, 0.15) is 0 Å². The van der Waals surface area contributed by atoms with E-state index in [0.717, 1.165) is 19.6 Å². The normalized spacial score (nSPS) is 9.27. The van der Waals surface area contributed by atoms with E-state index in [4.69, 9.17) is 9.47 Å². The molecule has 0 radical (unpaired) electrons. The maximum absolute atomic E-state index is 4.98. The minimum absolute atomic E-state index is 0.384. The maximum atomic E-state index is 4.98. The maximum Gasteiger partial charge on any atom is 0.0515 e. The van der Waals surface area contributed by atoms with Gasteiger partial charge in [-0.15, -0.1) is 0 Å². The Kier molecular flexibility index (Phi) is 15.4. The highest BCUT2D eigenvalue weighted by atomic mass is 16.5. The predicted octanol–water partition coefficient (Wildman–Crippen LogP) is 2.47. The molecule has 0 saturated carbocycles. The van der Waals surface area contributed by atoms with Crippen LogP contribution in [-0.4, -0.2) is 26.4 Å². The first-order valence-electron chi connectivity index (χ1n) is 4.29. The first-order valence-corrected chi connectivity index (χ1v) is 4.29. The van der Waals surface area contributed by atoms with Gasteiger partial charge in [-0.2, -0.15) is 0 Å². The smallest absolute Gasteiger partial charge is 0.0515 e. The van der Waals surface area contributed by atoms with Gasteiger partial charge in [0.25, 0.3) is 0 Å². The summed E-state index contributed by atoms with van der Waals surface area (Å²) in [5.41, 5.74) is 0. The van der Waals surface area contributed by atoms with E-state index in [1.807, 2.05) is 20.8 Å². The Labute approximate surface area is 70.9 Å². The van der Waals surface area contributed by atoms with Crippen LogP contribution in [-0.2, 0) is 9.47 Å². The number of ether oxygens (including phenoxy) is 2. The fourth-order valence-corrected chi connectivity index (χ4v) is 0.289. The van der Waals surface area contributed by atoms with Gasteiger partial charge in [0.05, 0.1) is 6.10 Å². The first kappa shape index (κ1) is 13.5. The van der Waals surface area contributed by atoms with Crippen molar-refractivity contribution in [3.63, 3.8) is 0 Å². The van der Waals surface area contributed by atoms with Crippen LogP contribution in [0, 0.1) is 0 Å². The van der Waals surface area contributed by atoms with E-state index in [1.165, 1.54) is 0 Å². The SMILES string of the molecule is CCCOCC.COC(C)C. The molecule has 2 heteroatoms. The lowest BCUT2D eigenvalue weighted by atomic mass is 10.5. The van der Waals surface area contributed by atoms with Gasteiger partial charge in [-0.3, -0.25) is 0 Å². The number of hydrogen-bond donors (Lipinski definition) is 0. The molecule has 0 aromatic rings. The van der Waals surface area contributed by atoms with Gasteiger partial charge in [0.15, 0.2) is 0 Å². The Bertz CT molecular complexity index is 49.5. The molecule has 0 bridgehead atoms. The summed E-state index contributed by atoms with van der Waals surface area (Å²) in [6, 6.07) is 0. The van der Waals surface area contributed by atoms with Crippen molar-refractivity contribution in [2.75, 3.05) is 20.3 Å². The van der Waals surface area contributed by atoms with Crippen LogP contribution in [0.15, 0.2) is 0 Å². The fraction of sp³-hybridized carbons (Fsp3) is 1.00. The third kappa shape index (κ3) is 25.7. The molecule has 0 atom stereocenters. The van der Waals surface area contributed by atoms with Crippen LogP contribution in [0.5, 0.6) is 0 Å². The van der Waals surface area contributed by atoms with Gasteiger partial charge in [0.2, 0.25) is 0 Å². The summed E-state index contributed by atoms with van der Waals surface area (Å²) in [7, 11) is 1.70. The first-order chi connectivity index (χ1) is 5.18. The van der Waals surface area contributed by atoms with E-state index in [9.17, 15) is 0 Å². The quantitative estimate of drug-likeness (QED) is 0.591. The summed E-state index contributed by atoms with van der Waals surface area (Å²) < 4.78 is 9.73. The van der Waals surface area contributed by atoms with Crippen molar-refractivity contribution >= 4 is 0 Å². The van der Waals surface area contributed by atoms with E-state index >= 15 is 0 Å². The van der Waals surface area contributed by atoms with Crippen LogP contribution in [0.3, 0.4) is 0 Å². The summed E-state index contributed by atoms with van der Waals surface area (Å²) in [5.74, 6) is 0. The Hall–Kier alpha value is -0.0800. The largest absolute Gasteiger partial charge is 0.382 e. The summed E-state index contributed by atoms with van der Waals surface area (Å²) in [4.78, 5) is 0. The Morgan fingerprint density at radius 3 is 1.73 bits per heavy atom. The lowest BCUT2D eigenvalue weighted by Gasteiger charge is -1.94. The molecule has 0 aromatic carbocycles. The number of rotatable bonds is 4. The third-order valence-corrected chi connectivity index (χ3v) is 1.02. The van der Waals surface area contributed by atoms with Crippen LogP contribution in [0.2, 0.25) is 0 Å². The molecule has 70 valence electrons. The highest BCUT2D eigenvalue weighted by molar-refractivity contribution is 4.27.